The Bertz CT molecular complexity index is 718. The smallest absolute Gasteiger partial charge is 0.321 e. The number of hydrogen-bond donors (Lipinski definition) is 2. The maximum absolute atomic E-state index is 12.0. The Balaban J connectivity index is 1.37. The van der Waals surface area contributed by atoms with Crippen molar-refractivity contribution < 1.29 is 9.21 Å². The first-order chi connectivity index (χ1) is 12.6. The Morgan fingerprint density at radius 1 is 1.46 bits per heavy atom. The average Bonchev–Trinajstić information content (AvgIpc) is 3.35. The molecule has 1 aliphatic rings. The van der Waals surface area contributed by atoms with Gasteiger partial charge in [0.2, 0.25) is 5.89 Å². The highest BCUT2D eigenvalue weighted by Crippen LogP contribution is 2.30. The van der Waals surface area contributed by atoms with Gasteiger partial charge in [-0.1, -0.05) is 18.3 Å². The first-order valence-corrected chi connectivity index (χ1v) is 10.7. The van der Waals surface area contributed by atoms with Crippen LogP contribution in [0.4, 0.5) is 9.93 Å². The maximum atomic E-state index is 12.0. The first kappa shape index (κ1) is 19.2. The zero-order valence-electron chi connectivity index (χ0n) is 15.2. The zero-order chi connectivity index (χ0) is 18.4. The number of carbonyl (C=O) groups is 1. The van der Waals surface area contributed by atoms with Crippen molar-refractivity contribution in [2.24, 2.45) is 0 Å². The minimum Gasteiger partial charge on any atom is -0.445 e. The van der Waals surface area contributed by atoms with Crippen LogP contribution in [-0.4, -0.2) is 47.1 Å². The molecular formula is C17H25N5O2S2. The molecule has 1 fully saturated rings. The molecule has 1 aliphatic heterocycles. The Morgan fingerprint density at radius 2 is 2.35 bits per heavy atom. The van der Waals surface area contributed by atoms with Gasteiger partial charge in [-0.2, -0.15) is 0 Å². The summed E-state index contributed by atoms with van der Waals surface area (Å²) in [6.07, 6.45) is 7.83. The van der Waals surface area contributed by atoms with E-state index in [2.05, 4.69) is 32.5 Å². The summed E-state index contributed by atoms with van der Waals surface area (Å²) >= 11 is 3.06. The Morgan fingerprint density at radius 3 is 3.08 bits per heavy atom. The fraction of sp³-hybridized carbons (Fsp3) is 0.588. The highest BCUT2D eigenvalue weighted by atomic mass is 32.2. The van der Waals surface area contributed by atoms with Crippen LogP contribution >= 0.6 is 23.1 Å². The fourth-order valence-electron chi connectivity index (χ4n) is 2.93. The summed E-state index contributed by atoms with van der Waals surface area (Å²) in [5, 5.41) is 6.32. The predicted molar refractivity (Wildman–Crippen MR) is 105 cm³/mol. The summed E-state index contributed by atoms with van der Waals surface area (Å²) in [4.78, 5) is 22.8. The number of nitrogens with one attached hydrogen (secondary N) is 2. The monoisotopic (exact) mass is 395 g/mol. The van der Waals surface area contributed by atoms with Gasteiger partial charge in [0.05, 0.1) is 22.4 Å². The van der Waals surface area contributed by atoms with E-state index in [-0.39, 0.29) is 6.03 Å². The van der Waals surface area contributed by atoms with Crippen molar-refractivity contribution in [1.82, 2.24) is 20.2 Å². The molecule has 0 aliphatic carbocycles. The van der Waals surface area contributed by atoms with E-state index in [4.69, 9.17) is 4.42 Å². The van der Waals surface area contributed by atoms with Crippen LogP contribution in [-0.2, 0) is 12.2 Å². The minimum atomic E-state index is -0.197. The van der Waals surface area contributed by atoms with Gasteiger partial charge in [-0.15, -0.1) is 11.8 Å². The lowest BCUT2D eigenvalue weighted by Crippen LogP contribution is -2.34. The van der Waals surface area contributed by atoms with Gasteiger partial charge < -0.3 is 14.6 Å². The summed E-state index contributed by atoms with van der Waals surface area (Å²) in [5.41, 5.74) is 0. The quantitative estimate of drug-likeness (QED) is 0.665. The van der Waals surface area contributed by atoms with Crippen LogP contribution in [0, 0.1) is 0 Å². The second-order valence-electron chi connectivity index (χ2n) is 6.29. The SMILES string of the molecule is CCc1cnc(CSc2cnc(NC(=O)NCCC3CCCN3C)s2)o1. The van der Waals surface area contributed by atoms with Gasteiger partial charge in [0.25, 0.3) is 0 Å². The van der Waals surface area contributed by atoms with Gasteiger partial charge in [-0.25, -0.2) is 14.8 Å². The van der Waals surface area contributed by atoms with E-state index >= 15 is 0 Å². The lowest BCUT2D eigenvalue weighted by atomic mass is 10.1. The van der Waals surface area contributed by atoms with Crippen molar-refractivity contribution in [2.75, 3.05) is 25.5 Å². The third-order valence-corrected chi connectivity index (χ3v) is 6.52. The average molecular weight is 396 g/mol. The summed E-state index contributed by atoms with van der Waals surface area (Å²) in [6, 6.07) is 0.387. The molecule has 1 saturated heterocycles. The maximum Gasteiger partial charge on any atom is 0.321 e. The topological polar surface area (TPSA) is 83.3 Å². The number of thioether (sulfide) groups is 1. The Labute approximate surface area is 162 Å². The largest absolute Gasteiger partial charge is 0.445 e. The highest BCUT2D eigenvalue weighted by Gasteiger charge is 2.20. The molecule has 0 bridgehead atoms. The Hall–Kier alpha value is -1.58. The number of anilines is 1. The van der Waals surface area contributed by atoms with Crippen molar-refractivity contribution in [3.63, 3.8) is 0 Å². The van der Waals surface area contributed by atoms with Crippen LogP contribution in [0.5, 0.6) is 0 Å². The van der Waals surface area contributed by atoms with Crippen LogP contribution in [0.3, 0.4) is 0 Å². The molecular weight excluding hydrogens is 370 g/mol. The number of aromatic nitrogens is 2. The molecule has 1 atom stereocenters. The van der Waals surface area contributed by atoms with Crippen molar-refractivity contribution in [3.05, 3.63) is 24.0 Å². The molecule has 3 rings (SSSR count). The molecule has 9 heteroatoms. The molecule has 26 heavy (non-hydrogen) atoms. The number of oxazole rings is 1. The number of likely N-dealkylation sites (tertiary alicyclic amines) is 1. The number of amides is 2. The van der Waals surface area contributed by atoms with Crippen LogP contribution < -0.4 is 10.6 Å². The third kappa shape index (κ3) is 5.46. The number of rotatable bonds is 8. The summed E-state index contributed by atoms with van der Waals surface area (Å²) in [6.45, 7) is 3.87. The number of aryl methyl sites for hydroxylation is 1. The number of hydrogen-bond acceptors (Lipinski definition) is 7. The van der Waals surface area contributed by atoms with Crippen LogP contribution in [0.1, 0.15) is 37.8 Å². The third-order valence-electron chi connectivity index (χ3n) is 4.43. The molecule has 142 valence electrons. The molecule has 1 unspecified atom stereocenters. The van der Waals surface area contributed by atoms with Gasteiger partial charge in [-0.3, -0.25) is 5.32 Å². The van der Waals surface area contributed by atoms with Gasteiger partial charge in [0.1, 0.15) is 5.76 Å². The Kier molecular flexibility index (Phi) is 6.93. The molecule has 2 aromatic heterocycles. The van der Waals surface area contributed by atoms with Crippen LogP contribution in [0.15, 0.2) is 21.0 Å². The second-order valence-corrected chi connectivity index (χ2v) is 8.60. The van der Waals surface area contributed by atoms with Gasteiger partial charge in [-0.05, 0) is 32.9 Å². The van der Waals surface area contributed by atoms with Crippen molar-refractivity contribution in [2.45, 2.75) is 48.6 Å². The molecule has 7 nitrogen and oxygen atoms in total. The van der Waals surface area contributed by atoms with Gasteiger partial charge in [0.15, 0.2) is 5.13 Å². The van der Waals surface area contributed by atoms with Gasteiger partial charge in [0, 0.05) is 19.0 Å². The van der Waals surface area contributed by atoms with E-state index in [0.717, 1.165) is 29.4 Å². The number of nitrogens with zero attached hydrogens (tertiary/aromatic N) is 3. The van der Waals surface area contributed by atoms with E-state index in [9.17, 15) is 4.79 Å². The lowest BCUT2D eigenvalue weighted by Gasteiger charge is -2.19. The lowest BCUT2D eigenvalue weighted by molar-refractivity contribution is 0.248. The molecule has 0 saturated carbocycles. The highest BCUT2D eigenvalue weighted by molar-refractivity contribution is 8.00. The normalized spacial score (nSPS) is 17.5. The second kappa shape index (κ2) is 9.38. The molecule has 0 aromatic carbocycles. The molecule has 2 amide bonds. The van der Waals surface area contributed by atoms with Crippen molar-refractivity contribution in [1.29, 1.82) is 0 Å². The summed E-state index contributed by atoms with van der Waals surface area (Å²) in [7, 11) is 2.15. The van der Waals surface area contributed by atoms with Crippen molar-refractivity contribution in [3.8, 4) is 0 Å². The molecule has 2 N–H and O–H groups in total. The summed E-state index contributed by atoms with van der Waals surface area (Å²) < 4.78 is 6.61. The standard InChI is InChI=1S/C17H25N5O2S2/c1-3-13-9-19-14(24-13)11-25-15-10-20-17(26-15)21-16(23)18-7-6-12-5-4-8-22(12)2/h9-10,12H,3-8,11H2,1-2H3,(H2,18,20,21,23). The first-order valence-electron chi connectivity index (χ1n) is 8.91. The van der Waals surface area contributed by atoms with Gasteiger partial charge >= 0.3 is 6.03 Å². The van der Waals surface area contributed by atoms with Crippen LogP contribution in [0.25, 0.3) is 0 Å². The molecule has 2 aromatic rings. The van der Waals surface area contributed by atoms with E-state index in [1.54, 1.807) is 24.2 Å². The van der Waals surface area contributed by atoms with Crippen molar-refractivity contribution >= 4 is 34.3 Å². The molecule has 0 spiro atoms. The molecule has 3 heterocycles. The van der Waals surface area contributed by atoms with E-state index < -0.39 is 0 Å². The number of thiazole rings is 1. The number of carbonyl (C=O) groups excluding carboxylic acids is 1. The fourth-order valence-corrected chi connectivity index (χ4v) is 4.65. The number of urea groups is 1. The van der Waals surface area contributed by atoms with E-state index in [1.807, 2.05) is 6.92 Å². The van der Waals surface area contributed by atoms with E-state index in [0.29, 0.717) is 29.4 Å². The summed E-state index contributed by atoms with van der Waals surface area (Å²) in [5.74, 6) is 2.26. The van der Waals surface area contributed by atoms with Crippen LogP contribution in [0.2, 0.25) is 0 Å². The predicted octanol–water partition coefficient (Wildman–Crippen LogP) is 3.59. The zero-order valence-corrected chi connectivity index (χ0v) is 16.8. The molecule has 0 radical (unpaired) electrons. The van der Waals surface area contributed by atoms with E-state index in [1.165, 1.54) is 24.2 Å². The minimum absolute atomic E-state index is 0.197.